The van der Waals surface area contributed by atoms with E-state index in [1.165, 1.54) is 5.56 Å². The number of aromatic amines is 1. The Labute approximate surface area is 217 Å². The van der Waals surface area contributed by atoms with Crippen LogP contribution >= 0.6 is 0 Å². The lowest BCUT2D eigenvalue weighted by atomic mass is 9.83. The summed E-state index contributed by atoms with van der Waals surface area (Å²) in [6.45, 7) is 5.07. The van der Waals surface area contributed by atoms with Crippen LogP contribution in [0, 0.1) is 11.3 Å². The number of nitrogens with zero attached hydrogens (tertiary/aromatic N) is 5. The number of likely N-dealkylation sites (N-methyl/N-ethyl adjacent to an activating group) is 1. The number of hydrogen-bond acceptors (Lipinski definition) is 5. The second kappa shape index (κ2) is 10.3. The fourth-order valence-electron chi connectivity index (χ4n) is 5.60. The van der Waals surface area contributed by atoms with Crippen molar-refractivity contribution in [1.29, 1.82) is 5.26 Å². The highest BCUT2D eigenvalue weighted by Crippen LogP contribution is 2.40. The highest BCUT2D eigenvalue weighted by molar-refractivity contribution is 5.98. The van der Waals surface area contributed by atoms with Gasteiger partial charge in [-0.3, -0.25) is 9.78 Å². The van der Waals surface area contributed by atoms with E-state index in [1.54, 1.807) is 25.2 Å². The van der Waals surface area contributed by atoms with Crippen molar-refractivity contribution in [3.05, 3.63) is 47.9 Å². The van der Waals surface area contributed by atoms with Gasteiger partial charge in [-0.2, -0.15) is 5.26 Å². The number of H-pyrrole nitrogens is 1. The molecule has 0 atom stereocenters. The number of aromatic nitrogens is 4. The van der Waals surface area contributed by atoms with Gasteiger partial charge in [-0.15, -0.1) is 0 Å². The minimum absolute atomic E-state index is 0.116. The molecule has 0 unspecified atom stereocenters. The Balaban J connectivity index is 1.44. The Morgan fingerprint density at radius 2 is 2.03 bits per heavy atom. The highest BCUT2D eigenvalue weighted by Gasteiger charge is 2.26. The van der Waals surface area contributed by atoms with E-state index in [0.29, 0.717) is 18.5 Å². The van der Waals surface area contributed by atoms with E-state index < -0.39 is 0 Å². The molecule has 1 aliphatic rings. The van der Waals surface area contributed by atoms with Gasteiger partial charge in [0.05, 0.1) is 29.3 Å². The standard InChI is InChI=1S/C29H35N7O/c1-18(2)26-27(22-17-36(15-13-30)29-21(22)6-5-14-31-29)34-24-12-11-23(33-28(24)26)19-7-9-20(10-8-19)32-16-25(37)35(3)4/h5-6,11-12,14,17-20,32,34H,7-10,15-16H2,1-4H3. The average molecular weight is 498 g/mol. The molecule has 4 heterocycles. The SMILES string of the molecule is CC(C)c1c(-c2cn(CC#N)c3ncccc23)[nH]c2ccc(C3CCC(NCC(=O)N(C)C)CC3)nc12. The summed E-state index contributed by atoms with van der Waals surface area (Å²) in [6.07, 6.45) is 8.03. The normalized spacial score (nSPS) is 17.9. The minimum Gasteiger partial charge on any atom is -0.353 e. The van der Waals surface area contributed by atoms with E-state index in [0.717, 1.165) is 64.7 Å². The topological polar surface area (TPSA) is 103 Å². The van der Waals surface area contributed by atoms with Crippen molar-refractivity contribution in [2.24, 2.45) is 0 Å². The first-order valence-corrected chi connectivity index (χ1v) is 13.1. The van der Waals surface area contributed by atoms with Gasteiger partial charge in [0.2, 0.25) is 5.91 Å². The molecule has 1 aliphatic carbocycles. The first-order chi connectivity index (χ1) is 17.9. The van der Waals surface area contributed by atoms with Gasteiger partial charge >= 0.3 is 0 Å². The third-order valence-corrected chi connectivity index (χ3v) is 7.61. The Hall–Kier alpha value is -3.70. The molecule has 2 N–H and O–H groups in total. The van der Waals surface area contributed by atoms with Crippen molar-refractivity contribution in [3.8, 4) is 17.3 Å². The van der Waals surface area contributed by atoms with Crippen molar-refractivity contribution < 1.29 is 4.79 Å². The van der Waals surface area contributed by atoms with E-state index >= 15 is 0 Å². The zero-order valence-corrected chi connectivity index (χ0v) is 22.1. The van der Waals surface area contributed by atoms with Crippen LogP contribution in [0.5, 0.6) is 0 Å². The number of nitrogens with one attached hydrogen (secondary N) is 2. The second-order valence-corrected chi connectivity index (χ2v) is 10.6. The number of nitriles is 1. The first kappa shape index (κ1) is 25.0. The molecule has 1 fully saturated rings. The van der Waals surface area contributed by atoms with Crippen molar-refractivity contribution in [2.45, 2.75) is 64.0 Å². The third kappa shape index (κ3) is 4.84. The molecule has 1 saturated carbocycles. The van der Waals surface area contributed by atoms with E-state index in [1.807, 2.05) is 16.8 Å². The summed E-state index contributed by atoms with van der Waals surface area (Å²) in [4.78, 5) is 27.0. The first-order valence-electron chi connectivity index (χ1n) is 13.1. The zero-order valence-electron chi connectivity index (χ0n) is 22.1. The molecule has 0 bridgehead atoms. The van der Waals surface area contributed by atoms with Crippen LogP contribution in [0.3, 0.4) is 0 Å². The summed E-state index contributed by atoms with van der Waals surface area (Å²) in [5.41, 5.74) is 7.35. The van der Waals surface area contributed by atoms with Gasteiger partial charge < -0.3 is 19.8 Å². The van der Waals surface area contributed by atoms with Gasteiger partial charge in [0.25, 0.3) is 0 Å². The number of hydrogen-bond donors (Lipinski definition) is 2. The van der Waals surface area contributed by atoms with E-state index in [2.05, 4.69) is 53.4 Å². The van der Waals surface area contributed by atoms with Gasteiger partial charge in [0.15, 0.2) is 0 Å². The number of pyridine rings is 2. The zero-order chi connectivity index (χ0) is 26.1. The highest BCUT2D eigenvalue weighted by atomic mass is 16.2. The molecule has 8 nitrogen and oxygen atoms in total. The average Bonchev–Trinajstić information content (AvgIpc) is 3.46. The molecule has 0 radical (unpaired) electrons. The summed E-state index contributed by atoms with van der Waals surface area (Å²) in [5.74, 6) is 0.809. The molecule has 1 amide bonds. The summed E-state index contributed by atoms with van der Waals surface area (Å²) in [5, 5.41) is 13.8. The number of carbonyl (C=O) groups excluding carboxylic acids is 1. The van der Waals surface area contributed by atoms with Gasteiger partial charge in [0.1, 0.15) is 12.2 Å². The van der Waals surface area contributed by atoms with Crippen LogP contribution in [0.2, 0.25) is 0 Å². The maximum Gasteiger partial charge on any atom is 0.236 e. The fraction of sp³-hybridized carbons (Fsp3) is 0.448. The fourth-order valence-corrected chi connectivity index (χ4v) is 5.60. The lowest BCUT2D eigenvalue weighted by Gasteiger charge is -2.29. The monoisotopic (exact) mass is 497 g/mol. The van der Waals surface area contributed by atoms with Gasteiger partial charge in [-0.1, -0.05) is 13.8 Å². The molecule has 0 spiro atoms. The number of fused-ring (bicyclic) bond motifs is 2. The summed E-state index contributed by atoms with van der Waals surface area (Å²) >= 11 is 0. The minimum atomic E-state index is 0.116. The van der Waals surface area contributed by atoms with E-state index in [-0.39, 0.29) is 18.4 Å². The van der Waals surface area contributed by atoms with Gasteiger partial charge in [0, 0.05) is 60.7 Å². The molecule has 8 heteroatoms. The predicted molar refractivity (Wildman–Crippen MR) is 146 cm³/mol. The van der Waals surface area contributed by atoms with E-state index in [9.17, 15) is 10.1 Å². The number of amides is 1. The maximum absolute atomic E-state index is 11.9. The van der Waals surface area contributed by atoms with Crippen molar-refractivity contribution in [1.82, 2.24) is 29.7 Å². The molecule has 37 heavy (non-hydrogen) atoms. The smallest absolute Gasteiger partial charge is 0.236 e. The molecule has 0 aliphatic heterocycles. The lowest BCUT2D eigenvalue weighted by Crippen LogP contribution is -2.40. The van der Waals surface area contributed by atoms with E-state index in [4.69, 9.17) is 4.98 Å². The van der Waals surface area contributed by atoms with Gasteiger partial charge in [-0.25, -0.2) is 4.98 Å². The van der Waals surface area contributed by atoms with Crippen molar-refractivity contribution in [2.75, 3.05) is 20.6 Å². The van der Waals surface area contributed by atoms with Crippen LogP contribution in [-0.2, 0) is 11.3 Å². The molecule has 192 valence electrons. The van der Waals surface area contributed by atoms with Crippen LogP contribution in [0.4, 0.5) is 0 Å². The Morgan fingerprint density at radius 3 is 2.73 bits per heavy atom. The Bertz CT molecular complexity index is 1460. The van der Waals surface area contributed by atoms with Crippen LogP contribution in [0.1, 0.15) is 62.6 Å². The molecule has 4 aromatic rings. The molecular weight excluding hydrogens is 462 g/mol. The Kier molecular flexibility index (Phi) is 6.98. The second-order valence-electron chi connectivity index (χ2n) is 10.6. The van der Waals surface area contributed by atoms with Crippen molar-refractivity contribution in [3.63, 3.8) is 0 Å². The number of rotatable bonds is 7. The summed E-state index contributed by atoms with van der Waals surface area (Å²) in [7, 11) is 3.59. The predicted octanol–water partition coefficient (Wildman–Crippen LogP) is 4.93. The lowest BCUT2D eigenvalue weighted by molar-refractivity contribution is -0.127. The Morgan fingerprint density at radius 1 is 1.24 bits per heavy atom. The van der Waals surface area contributed by atoms with Gasteiger partial charge in [-0.05, 0) is 55.9 Å². The molecule has 0 saturated heterocycles. The summed E-state index contributed by atoms with van der Waals surface area (Å²) < 4.78 is 1.91. The number of carbonyl (C=O) groups is 1. The molecule has 0 aromatic carbocycles. The van der Waals surface area contributed by atoms with Crippen LogP contribution in [-0.4, -0.2) is 57.0 Å². The van der Waals surface area contributed by atoms with Crippen LogP contribution in [0.15, 0.2) is 36.7 Å². The molecular formula is C29H35N7O. The summed E-state index contributed by atoms with van der Waals surface area (Å²) in [6, 6.07) is 11.0. The van der Waals surface area contributed by atoms with Crippen LogP contribution in [0.25, 0.3) is 33.3 Å². The van der Waals surface area contributed by atoms with Crippen molar-refractivity contribution >= 4 is 28.0 Å². The molecule has 4 aromatic heterocycles. The quantitative estimate of drug-likeness (QED) is 0.377. The molecule has 5 rings (SSSR count). The van der Waals surface area contributed by atoms with Crippen LogP contribution < -0.4 is 5.32 Å². The maximum atomic E-state index is 11.9. The largest absolute Gasteiger partial charge is 0.353 e. The third-order valence-electron chi connectivity index (χ3n) is 7.61.